The van der Waals surface area contributed by atoms with Crippen LogP contribution in [0.25, 0.3) is 16.9 Å². The first-order valence-electron chi connectivity index (χ1n) is 11.1. The Kier molecular flexibility index (Phi) is 6.85. The third-order valence-electron chi connectivity index (χ3n) is 5.65. The maximum atomic E-state index is 12.5. The molecule has 4 aromatic rings. The zero-order valence-electron chi connectivity index (χ0n) is 19.2. The largest absolute Gasteiger partial charge is 0.370 e. The molecule has 0 bridgehead atoms. The highest BCUT2D eigenvalue weighted by molar-refractivity contribution is 7.89. The summed E-state index contributed by atoms with van der Waals surface area (Å²) in [5, 5.41) is 7.92. The van der Waals surface area contributed by atoms with Gasteiger partial charge in [-0.2, -0.15) is 9.61 Å². The van der Waals surface area contributed by atoms with Crippen molar-refractivity contribution < 1.29 is 8.42 Å². The molecule has 0 atom stereocenters. The van der Waals surface area contributed by atoms with E-state index in [9.17, 15) is 8.42 Å². The lowest BCUT2D eigenvalue weighted by molar-refractivity contribution is 0.578. The zero-order chi connectivity index (χ0) is 23.4. The number of nitrogens with zero attached hydrogens (tertiary/aromatic N) is 3. The summed E-state index contributed by atoms with van der Waals surface area (Å²) in [5.74, 6) is 0.867. The van der Waals surface area contributed by atoms with E-state index in [0.717, 1.165) is 46.5 Å². The second-order valence-corrected chi connectivity index (χ2v) is 9.94. The monoisotopic (exact) mass is 459 g/mol. The van der Waals surface area contributed by atoms with Crippen LogP contribution in [0.2, 0.25) is 0 Å². The molecule has 7 nitrogen and oxygen atoms in total. The number of benzene rings is 2. The summed E-state index contributed by atoms with van der Waals surface area (Å²) >= 11 is 0. The molecule has 4 rings (SSSR count). The van der Waals surface area contributed by atoms with Crippen molar-refractivity contribution in [2.75, 3.05) is 18.4 Å². The first-order chi connectivity index (χ1) is 15.9. The van der Waals surface area contributed by atoms with Crippen molar-refractivity contribution >= 4 is 48.1 Å². The van der Waals surface area contributed by atoms with Gasteiger partial charge in [-0.15, -0.1) is 0 Å². The lowest BCUT2D eigenvalue weighted by atomic mass is 9.97. The first kappa shape index (κ1) is 23.1. The molecule has 2 aromatic heterocycles. The van der Waals surface area contributed by atoms with Crippen LogP contribution in [0.3, 0.4) is 0 Å². The van der Waals surface area contributed by atoms with Crippen LogP contribution >= 0.6 is 0 Å². The van der Waals surface area contributed by atoms with E-state index in [-0.39, 0.29) is 0 Å². The predicted molar refractivity (Wildman–Crippen MR) is 139 cm³/mol. The average Bonchev–Trinajstić information content (AvgIpc) is 3.17. The van der Waals surface area contributed by atoms with Gasteiger partial charge < -0.3 is 5.32 Å². The van der Waals surface area contributed by atoms with Gasteiger partial charge in [-0.25, -0.2) is 18.1 Å². The number of hydrogen-bond acceptors (Lipinski definition) is 5. The van der Waals surface area contributed by atoms with Crippen molar-refractivity contribution in [1.82, 2.24) is 19.3 Å². The standard InChI is InChI=1S/C23H27B2N5O2S/c1-16-8-2-3-9-17(16)20-14-22(30-23(29-20)19(25)15-27-30)26-12-6-7-13-28-33(31,32)21-11-5-4-10-18(21)24/h2-5,8-11,14-15,26,28H,6-7,12-13,24-25H2,1H3. The van der Waals surface area contributed by atoms with Crippen LogP contribution in [0.1, 0.15) is 18.4 Å². The first-order valence-corrected chi connectivity index (χ1v) is 12.6. The third-order valence-corrected chi connectivity index (χ3v) is 7.28. The van der Waals surface area contributed by atoms with Crippen LogP contribution in [0, 0.1) is 6.92 Å². The van der Waals surface area contributed by atoms with E-state index in [0.29, 0.717) is 18.0 Å². The quantitative estimate of drug-likeness (QED) is 0.280. The molecule has 0 unspecified atom stereocenters. The van der Waals surface area contributed by atoms with E-state index in [4.69, 9.17) is 4.98 Å². The highest BCUT2D eigenvalue weighted by Crippen LogP contribution is 2.24. The predicted octanol–water partition coefficient (Wildman–Crippen LogP) is 0.392. The molecule has 0 radical (unpaired) electrons. The number of hydrogen-bond donors (Lipinski definition) is 2. The highest BCUT2D eigenvalue weighted by Gasteiger charge is 2.15. The van der Waals surface area contributed by atoms with Gasteiger partial charge in [0.25, 0.3) is 0 Å². The van der Waals surface area contributed by atoms with Crippen molar-refractivity contribution in [3.63, 3.8) is 0 Å². The Labute approximate surface area is 196 Å². The van der Waals surface area contributed by atoms with Crippen molar-refractivity contribution in [3.8, 4) is 11.3 Å². The molecule has 0 saturated heterocycles. The summed E-state index contributed by atoms with van der Waals surface area (Å²) < 4.78 is 29.5. The molecule has 2 heterocycles. The van der Waals surface area contributed by atoms with Crippen molar-refractivity contribution in [2.45, 2.75) is 24.7 Å². The molecule has 0 aliphatic carbocycles. The normalized spacial score (nSPS) is 11.7. The Hall–Kier alpha value is -3.10. The molecule has 33 heavy (non-hydrogen) atoms. The minimum Gasteiger partial charge on any atom is -0.370 e. The fourth-order valence-electron chi connectivity index (χ4n) is 3.81. The van der Waals surface area contributed by atoms with Crippen LogP contribution in [-0.2, 0) is 10.0 Å². The number of sulfonamides is 1. The van der Waals surface area contributed by atoms with E-state index >= 15 is 0 Å². The molecule has 10 heteroatoms. The minimum atomic E-state index is -3.49. The molecule has 168 valence electrons. The molecule has 0 saturated carbocycles. The summed E-state index contributed by atoms with van der Waals surface area (Å²) in [5.41, 5.74) is 5.74. The van der Waals surface area contributed by atoms with Gasteiger partial charge in [0.2, 0.25) is 10.0 Å². The lowest BCUT2D eigenvalue weighted by Crippen LogP contribution is -2.29. The molecule has 0 fully saturated rings. The Morgan fingerprint density at radius 3 is 2.48 bits per heavy atom. The number of aryl methyl sites for hydroxylation is 1. The number of fused-ring (bicyclic) bond motifs is 1. The van der Waals surface area contributed by atoms with Gasteiger partial charge in [0.1, 0.15) is 21.5 Å². The van der Waals surface area contributed by atoms with Crippen molar-refractivity contribution in [3.05, 3.63) is 66.4 Å². The number of unbranched alkanes of at least 4 members (excludes halogenated alkanes) is 1. The van der Waals surface area contributed by atoms with Gasteiger partial charge in [-0.3, -0.25) is 0 Å². The van der Waals surface area contributed by atoms with Gasteiger partial charge >= 0.3 is 0 Å². The number of rotatable bonds is 9. The van der Waals surface area contributed by atoms with E-state index in [1.807, 2.05) is 42.8 Å². The average molecular weight is 459 g/mol. The molecule has 0 amide bonds. The van der Waals surface area contributed by atoms with E-state index in [1.54, 1.807) is 26.0 Å². The maximum Gasteiger partial charge on any atom is 0.239 e. The fraction of sp³-hybridized carbons (Fsp3) is 0.217. The highest BCUT2D eigenvalue weighted by atomic mass is 32.2. The van der Waals surface area contributed by atoms with Gasteiger partial charge in [0.15, 0.2) is 5.65 Å². The van der Waals surface area contributed by atoms with Crippen LogP contribution in [-0.4, -0.2) is 51.8 Å². The SMILES string of the molecule is Bc1ccccc1S(=O)(=O)NCCCCNc1cc(-c2ccccc2C)nc2c(B)cnn12. The summed E-state index contributed by atoms with van der Waals surface area (Å²) in [6.07, 6.45) is 3.34. The Morgan fingerprint density at radius 1 is 0.970 bits per heavy atom. The van der Waals surface area contributed by atoms with Crippen molar-refractivity contribution in [2.24, 2.45) is 0 Å². The minimum absolute atomic E-state index is 0.333. The summed E-state index contributed by atoms with van der Waals surface area (Å²) in [6, 6.07) is 17.2. The number of aromatic nitrogens is 3. The van der Waals surface area contributed by atoms with Gasteiger partial charge in [-0.05, 0) is 36.9 Å². The smallest absolute Gasteiger partial charge is 0.239 e. The molecule has 2 aromatic carbocycles. The molecular formula is C23H27B2N5O2S. The number of anilines is 1. The van der Waals surface area contributed by atoms with Gasteiger partial charge in [0.05, 0.1) is 10.6 Å². The van der Waals surface area contributed by atoms with E-state index in [2.05, 4.69) is 34.2 Å². The maximum absolute atomic E-state index is 12.5. The molecule has 0 aliphatic rings. The summed E-state index contributed by atoms with van der Waals surface area (Å²) in [6.45, 7) is 3.16. The lowest BCUT2D eigenvalue weighted by Gasteiger charge is -2.13. The Balaban J connectivity index is 1.40. The van der Waals surface area contributed by atoms with E-state index < -0.39 is 10.0 Å². The second-order valence-electron chi connectivity index (χ2n) is 8.20. The van der Waals surface area contributed by atoms with Crippen LogP contribution in [0.5, 0.6) is 0 Å². The Morgan fingerprint density at radius 2 is 1.70 bits per heavy atom. The van der Waals surface area contributed by atoms with Crippen molar-refractivity contribution in [1.29, 1.82) is 0 Å². The Bertz CT molecular complexity index is 1390. The summed E-state index contributed by atoms with van der Waals surface area (Å²) in [4.78, 5) is 5.16. The van der Waals surface area contributed by atoms with E-state index in [1.165, 1.54) is 5.56 Å². The topological polar surface area (TPSA) is 88.4 Å². The van der Waals surface area contributed by atoms with Crippen LogP contribution in [0.4, 0.5) is 5.82 Å². The summed E-state index contributed by atoms with van der Waals surface area (Å²) in [7, 11) is 0.314. The molecule has 0 aliphatic heterocycles. The second kappa shape index (κ2) is 9.80. The molecular weight excluding hydrogens is 432 g/mol. The zero-order valence-corrected chi connectivity index (χ0v) is 20.0. The van der Waals surface area contributed by atoms with Gasteiger partial charge in [0, 0.05) is 30.9 Å². The van der Waals surface area contributed by atoms with Gasteiger partial charge in [-0.1, -0.05) is 47.9 Å². The number of nitrogens with one attached hydrogen (secondary N) is 2. The molecule has 0 spiro atoms. The fourth-order valence-corrected chi connectivity index (χ4v) is 5.12. The molecule has 2 N–H and O–H groups in total. The third kappa shape index (κ3) is 5.12. The van der Waals surface area contributed by atoms with Crippen LogP contribution in [0.15, 0.2) is 65.7 Å². The van der Waals surface area contributed by atoms with Crippen LogP contribution < -0.4 is 21.0 Å².